The van der Waals surface area contributed by atoms with Crippen LogP contribution in [0.3, 0.4) is 0 Å². The van der Waals surface area contributed by atoms with E-state index in [4.69, 9.17) is 0 Å². The van der Waals surface area contributed by atoms with Crippen molar-refractivity contribution in [3.63, 3.8) is 0 Å². The number of anilines is 3. The molecule has 3 N–H and O–H groups in total. The Morgan fingerprint density at radius 2 is 1.79 bits per heavy atom. The molecule has 176 valence electrons. The summed E-state index contributed by atoms with van der Waals surface area (Å²) in [4.78, 5) is 16.3. The van der Waals surface area contributed by atoms with Crippen molar-refractivity contribution < 1.29 is 13.9 Å². The minimum absolute atomic E-state index is 0.0924. The van der Waals surface area contributed by atoms with Crippen LogP contribution in [-0.4, -0.2) is 57.2 Å². The lowest BCUT2D eigenvalue weighted by Crippen LogP contribution is -2.48. The summed E-state index contributed by atoms with van der Waals surface area (Å²) in [5, 5.41) is 13.9. The highest BCUT2D eigenvalue weighted by molar-refractivity contribution is 5.99. The number of hydrogen-bond acceptors (Lipinski definition) is 6. The Balaban J connectivity index is 1.43. The smallest absolute Gasteiger partial charge is 0.200 e. The first-order valence-electron chi connectivity index (χ1n) is 11.3. The molecule has 34 heavy (non-hydrogen) atoms. The summed E-state index contributed by atoms with van der Waals surface area (Å²) in [7, 11) is 0. The lowest BCUT2D eigenvalue weighted by Gasteiger charge is -2.38. The maximum absolute atomic E-state index is 14.4. The van der Waals surface area contributed by atoms with Gasteiger partial charge < -0.3 is 20.3 Å². The first-order valence-corrected chi connectivity index (χ1v) is 11.3. The van der Waals surface area contributed by atoms with Crippen molar-refractivity contribution in [3.8, 4) is 17.1 Å². The number of rotatable bonds is 5. The highest BCUT2D eigenvalue weighted by Gasteiger charge is 2.20. The second-order valence-electron chi connectivity index (χ2n) is 8.69. The number of H-pyrrole nitrogens is 1. The standard InChI is InChI=1S/C25H26F2N6O/c1-15(2)32-8-10-33(11-9-32)16-6-7-22(28-13-16)31-20-12-19(23-17(26)4-3-5-18(23)27)30-21-14-29-25(34)24(20)21/h3-7,12-15,29,34H,8-11H2,1-2H3,(H,28,31). The number of aromatic nitrogens is 3. The molecular weight excluding hydrogens is 438 g/mol. The molecule has 0 bridgehead atoms. The van der Waals surface area contributed by atoms with Crippen molar-refractivity contribution in [3.05, 3.63) is 60.4 Å². The first kappa shape index (κ1) is 22.1. The number of halogens is 2. The number of benzene rings is 1. The van der Waals surface area contributed by atoms with Gasteiger partial charge in [0.25, 0.3) is 0 Å². The molecule has 1 aliphatic rings. The largest absolute Gasteiger partial charge is 0.494 e. The summed E-state index contributed by atoms with van der Waals surface area (Å²) in [5.41, 5.74) is 1.74. The third-order valence-corrected chi connectivity index (χ3v) is 6.27. The molecule has 0 unspecified atom stereocenters. The summed E-state index contributed by atoms with van der Waals surface area (Å²) in [5.74, 6) is -0.974. The Hall–Kier alpha value is -3.72. The Labute approximate surface area is 196 Å². The molecule has 0 amide bonds. The SMILES string of the molecule is CC(C)N1CCN(c2ccc(Nc3cc(-c4c(F)cccc4F)nc4c[nH]c(O)c34)nc2)CC1. The number of nitrogens with one attached hydrogen (secondary N) is 2. The highest BCUT2D eigenvalue weighted by atomic mass is 19.1. The number of pyridine rings is 2. The Morgan fingerprint density at radius 3 is 2.44 bits per heavy atom. The number of hydrogen-bond donors (Lipinski definition) is 3. The van der Waals surface area contributed by atoms with Crippen molar-refractivity contribution in [1.82, 2.24) is 19.9 Å². The van der Waals surface area contributed by atoms with Gasteiger partial charge in [0.15, 0.2) is 5.88 Å². The summed E-state index contributed by atoms with van der Waals surface area (Å²) >= 11 is 0. The minimum atomic E-state index is -0.711. The predicted octanol–water partition coefficient (Wildman–Crippen LogP) is 4.88. The third-order valence-electron chi connectivity index (χ3n) is 6.27. The Morgan fingerprint density at radius 1 is 1.06 bits per heavy atom. The molecule has 1 fully saturated rings. The predicted molar refractivity (Wildman–Crippen MR) is 130 cm³/mol. The second-order valence-corrected chi connectivity index (χ2v) is 8.69. The second kappa shape index (κ2) is 8.90. The van der Waals surface area contributed by atoms with Crippen LogP contribution in [0.5, 0.6) is 5.88 Å². The molecule has 0 aliphatic carbocycles. The van der Waals surface area contributed by atoms with Gasteiger partial charge in [-0.05, 0) is 44.2 Å². The van der Waals surface area contributed by atoms with Crippen molar-refractivity contribution in [2.45, 2.75) is 19.9 Å². The van der Waals surface area contributed by atoms with Gasteiger partial charge in [0.1, 0.15) is 17.5 Å². The van der Waals surface area contributed by atoms with E-state index in [1.165, 1.54) is 30.5 Å². The van der Waals surface area contributed by atoms with Crippen LogP contribution in [0, 0.1) is 11.6 Å². The zero-order valence-corrected chi connectivity index (χ0v) is 19.0. The van der Waals surface area contributed by atoms with E-state index >= 15 is 0 Å². The topological polar surface area (TPSA) is 80.3 Å². The fourth-order valence-electron chi connectivity index (χ4n) is 4.38. The van der Waals surface area contributed by atoms with Gasteiger partial charge in [-0.3, -0.25) is 4.90 Å². The van der Waals surface area contributed by atoms with E-state index in [1.54, 1.807) is 6.20 Å². The maximum Gasteiger partial charge on any atom is 0.200 e. The molecule has 0 atom stereocenters. The van der Waals surface area contributed by atoms with Gasteiger partial charge in [-0.15, -0.1) is 0 Å². The summed E-state index contributed by atoms with van der Waals surface area (Å²) < 4.78 is 28.8. The number of fused-ring (bicyclic) bond motifs is 1. The molecule has 1 aliphatic heterocycles. The molecule has 0 spiro atoms. The van der Waals surface area contributed by atoms with E-state index < -0.39 is 11.6 Å². The zero-order chi connectivity index (χ0) is 23.8. The molecule has 7 nitrogen and oxygen atoms in total. The fourth-order valence-corrected chi connectivity index (χ4v) is 4.38. The van der Waals surface area contributed by atoms with E-state index in [1.807, 2.05) is 12.1 Å². The number of aromatic hydroxyl groups is 1. The summed E-state index contributed by atoms with van der Waals surface area (Å²) in [6.45, 7) is 8.31. The van der Waals surface area contributed by atoms with Crippen LogP contribution in [0.25, 0.3) is 22.2 Å². The van der Waals surface area contributed by atoms with E-state index in [0.717, 1.165) is 31.9 Å². The molecular formula is C25H26F2N6O. The number of aromatic amines is 1. The monoisotopic (exact) mass is 464 g/mol. The molecule has 0 saturated carbocycles. The van der Waals surface area contributed by atoms with Crippen LogP contribution < -0.4 is 10.2 Å². The Bertz CT molecular complexity index is 1290. The third kappa shape index (κ3) is 4.14. The van der Waals surface area contributed by atoms with Gasteiger partial charge in [0.2, 0.25) is 0 Å². The average Bonchev–Trinajstić information content (AvgIpc) is 3.20. The quantitative estimate of drug-likeness (QED) is 0.391. The van der Waals surface area contributed by atoms with Crippen LogP contribution in [0.2, 0.25) is 0 Å². The first-order chi connectivity index (χ1) is 16.4. The number of piperazine rings is 1. The molecule has 9 heteroatoms. The maximum atomic E-state index is 14.4. The average molecular weight is 465 g/mol. The van der Waals surface area contributed by atoms with Gasteiger partial charge in [-0.1, -0.05) is 6.07 Å². The fraction of sp³-hybridized carbons (Fsp3) is 0.280. The molecule has 0 radical (unpaired) electrons. The van der Waals surface area contributed by atoms with Crippen molar-refractivity contribution in [2.75, 3.05) is 36.4 Å². The molecule has 1 aromatic carbocycles. The number of nitrogens with zero attached hydrogens (tertiary/aromatic N) is 4. The minimum Gasteiger partial charge on any atom is -0.494 e. The highest BCUT2D eigenvalue weighted by Crippen LogP contribution is 2.36. The van der Waals surface area contributed by atoms with Crippen molar-refractivity contribution in [1.29, 1.82) is 0 Å². The van der Waals surface area contributed by atoms with E-state index in [-0.39, 0.29) is 17.1 Å². The Kier molecular flexibility index (Phi) is 5.79. The van der Waals surface area contributed by atoms with E-state index in [0.29, 0.717) is 28.5 Å². The molecule has 4 aromatic rings. The summed E-state index contributed by atoms with van der Waals surface area (Å²) in [6.07, 6.45) is 3.30. The summed E-state index contributed by atoms with van der Waals surface area (Å²) in [6, 6.07) is 9.58. The normalized spacial score (nSPS) is 14.8. The molecule has 1 saturated heterocycles. The van der Waals surface area contributed by atoms with E-state index in [9.17, 15) is 13.9 Å². The van der Waals surface area contributed by atoms with Gasteiger partial charge in [0, 0.05) is 38.4 Å². The van der Waals surface area contributed by atoms with Crippen LogP contribution >= 0.6 is 0 Å². The lowest BCUT2D eigenvalue weighted by atomic mass is 10.1. The van der Waals surface area contributed by atoms with Crippen molar-refractivity contribution >= 4 is 28.1 Å². The van der Waals surface area contributed by atoms with Crippen LogP contribution in [-0.2, 0) is 0 Å². The van der Waals surface area contributed by atoms with Crippen LogP contribution in [0.1, 0.15) is 13.8 Å². The van der Waals surface area contributed by atoms with Gasteiger partial charge >= 0.3 is 0 Å². The van der Waals surface area contributed by atoms with Gasteiger partial charge in [-0.25, -0.2) is 18.7 Å². The molecule has 5 rings (SSSR count). The van der Waals surface area contributed by atoms with Gasteiger partial charge in [0.05, 0.1) is 39.7 Å². The van der Waals surface area contributed by atoms with Gasteiger partial charge in [-0.2, -0.15) is 0 Å². The molecule has 4 heterocycles. The lowest BCUT2D eigenvalue weighted by molar-refractivity contribution is 0.209. The van der Waals surface area contributed by atoms with Crippen LogP contribution in [0.15, 0.2) is 48.8 Å². The van der Waals surface area contributed by atoms with Crippen molar-refractivity contribution in [2.24, 2.45) is 0 Å². The zero-order valence-electron chi connectivity index (χ0n) is 19.0. The molecule has 3 aromatic heterocycles. The van der Waals surface area contributed by atoms with E-state index in [2.05, 4.69) is 43.9 Å². The van der Waals surface area contributed by atoms with Crippen LogP contribution in [0.4, 0.5) is 26.0 Å².